The molecule has 1 aromatic rings. The molecule has 0 spiro atoms. The minimum atomic E-state index is -3.56. The maximum atomic E-state index is 12.6. The second-order valence-corrected chi connectivity index (χ2v) is 7.65. The molecule has 1 aromatic heterocycles. The van der Waals surface area contributed by atoms with E-state index in [9.17, 15) is 8.42 Å². The van der Waals surface area contributed by atoms with E-state index in [1.807, 2.05) is 27.7 Å². The second-order valence-electron chi connectivity index (χ2n) is 5.69. The third kappa shape index (κ3) is 3.25. The second kappa shape index (κ2) is 5.46. The van der Waals surface area contributed by atoms with Gasteiger partial charge in [0, 0.05) is 32.5 Å². The van der Waals surface area contributed by atoms with Crippen molar-refractivity contribution in [3.05, 3.63) is 18.5 Å². The number of anilines is 1. The van der Waals surface area contributed by atoms with Gasteiger partial charge in [-0.15, -0.1) is 0 Å². The zero-order valence-electron chi connectivity index (χ0n) is 12.4. The fourth-order valence-electron chi connectivity index (χ4n) is 1.70. The maximum Gasteiger partial charge on any atom is 0.246 e. The van der Waals surface area contributed by atoms with Gasteiger partial charge in [-0.2, -0.15) is 4.31 Å². The fourth-order valence-corrected chi connectivity index (χ4v) is 3.39. The Bertz CT molecular complexity index is 535. The van der Waals surface area contributed by atoms with E-state index in [0.717, 1.165) is 0 Å². The van der Waals surface area contributed by atoms with E-state index in [-0.39, 0.29) is 16.4 Å². The molecule has 0 radical (unpaired) electrons. The number of pyridine rings is 1. The van der Waals surface area contributed by atoms with Gasteiger partial charge in [-0.1, -0.05) is 20.8 Å². The van der Waals surface area contributed by atoms with E-state index in [2.05, 4.69) is 10.3 Å². The van der Waals surface area contributed by atoms with E-state index >= 15 is 0 Å². The van der Waals surface area contributed by atoms with Gasteiger partial charge in [0.1, 0.15) is 4.90 Å². The molecule has 1 N–H and O–H groups in total. The Kier molecular flexibility index (Phi) is 4.58. The van der Waals surface area contributed by atoms with Gasteiger partial charge in [0.2, 0.25) is 10.0 Å². The van der Waals surface area contributed by atoms with Crippen LogP contribution in [0.25, 0.3) is 0 Å². The summed E-state index contributed by atoms with van der Waals surface area (Å²) in [7, 11) is -0.251. The van der Waals surface area contributed by atoms with E-state index in [4.69, 9.17) is 0 Å². The van der Waals surface area contributed by atoms with Crippen molar-refractivity contribution in [1.29, 1.82) is 0 Å². The molecule has 0 fully saturated rings. The van der Waals surface area contributed by atoms with Crippen LogP contribution in [0.1, 0.15) is 27.7 Å². The van der Waals surface area contributed by atoms with E-state index < -0.39 is 10.0 Å². The summed E-state index contributed by atoms with van der Waals surface area (Å²) in [6.45, 7) is 7.97. The third-order valence-corrected chi connectivity index (χ3v) is 5.47. The summed E-state index contributed by atoms with van der Waals surface area (Å²) in [5.41, 5.74) is 0.423. The first-order valence-electron chi connectivity index (χ1n) is 6.22. The van der Waals surface area contributed by atoms with E-state index in [1.54, 1.807) is 26.4 Å². The first-order chi connectivity index (χ1) is 8.62. The van der Waals surface area contributed by atoms with Crippen LogP contribution < -0.4 is 5.32 Å². The molecule has 19 heavy (non-hydrogen) atoms. The van der Waals surface area contributed by atoms with Crippen LogP contribution >= 0.6 is 0 Å². The van der Waals surface area contributed by atoms with Gasteiger partial charge >= 0.3 is 0 Å². The molecular formula is C13H23N3O2S. The van der Waals surface area contributed by atoms with Crippen molar-refractivity contribution in [2.45, 2.75) is 38.6 Å². The van der Waals surface area contributed by atoms with E-state index in [1.165, 1.54) is 10.5 Å². The number of nitrogens with one attached hydrogen (secondary N) is 1. The lowest BCUT2D eigenvalue weighted by atomic mass is 9.88. The summed E-state index contributed by atoms with van der Waals surface area (Å²) < 4.78 is 26.7. The summed E-state index contributed by atoms with van der Waals surface area (Å²) in [5, 5.41) is 2.89. The third-order valence-electron chi connectivity index (χ3n) is 3.51. The average molecular weight is 285 g/mol. The lowest BCUT2D eigenvalue weighted by molar-refractivity contribution is 0.216. The van der Waals surface area contributed by atoms with Gasteiger partial charge in [-0.3, -0.25) is 4.98 Å². The van der Waals surface area contributed by atoms with Crippen LogP contribution in [0.3, 0.4) is 0 Å². The molecule has 0 aliphatic heterocycles. The van der Waals surface area contributed by atoms with Crippen molar-refractivity contribution in [3.63, 3.8) is 0 Å². The van der Waals surface area contributed by atoms with Gasteiger partial charge in [-0.25, -0.2) is 8.42 Å². The molecule has 0 bridgehead atoms. The minimum absolute atomic E-state index is 0.123. The van der Waals surface area contributed by atoms with E-state index in [0.29, 0.717) is 5.69 Å². The molecular weight excluding hydrogens is 262 g/mol. The van der Waals surface area contributed by atoms with Gasteiger partial charge in [0.25, 0.3) is 0 Å². The van der Waals surface area contributed by atoms with Crippen LogP contribution in [0.15, 0.2) is 23.4 Å². The Hall–Kier alpha value is -1.14. The number of hydrogen-bond acceptors (Lipinski definition) is 4. The zero-order chi connectivity index (χ0) is 14.8. The number of nitrogens with zero attached hydrogens (tertiary/aromatic N) is 2. The highest BCUT2D eigenvalue weighted by molar-refractivity contribution is 7.89. The van der Waals surface area contributed by atoms with Crippen molar-refractivity contribution in [3.8, 4) is 0 Å². The average Bonchev–Trinajstić information content (AvgIpc) is 2.35. The molecule has 1 rings (SSSR count). The lowest BCUT2D eigenvalue weighted by Crippen LogP contribution is -2.43. The first-order valence-corrected chi connectivity index (χ1v) is 7.66. The summed E-state index contributed by atoms with van der Waals surface area (Å²) in [6.07, 6.45) is 2.95. The summed E-state index contributed by atoms with van der Waals surface area (Å²) in [6, 6.07) is 1.53. The molecule has 0 amide bonds. The van der Waals surface area contributed by atoms with Crippen molar-refractivity contribution < 1.29 is 8.42 Å². The molecule has 0 saturated heterocycles. The highest BCUT2D eigenvalue weighted by Gasteiger charge is 2.33. The molecule has 5 nitrogen and oxygen atoms in total. The molecule has 0 aromatic carbocycles. The Morgan fingerprint density at radius 3 is 2.42 bits per heavy atom. The van der Waals surface area contributed by atoms with Crippen LogP contribution in [-0.4, -0.2) is 37.8 Å². The smallest absolute Gasteiger partial charge is 0.246 e. The standard InChI is InChI=1S/C13H23N3O2S/c1-10(13(2,3)4)16(6)19(17,18)12-9-15-8-7-11(12)14-5/h7-10H,1-6H3,(H,14,15). The zero-order valence-corrected chi connectivity index (χ0v) is 13.2. The quantitative estimate of drug-likeness (QED) is 0.921. The van der Waals surface area contributed by atoms with Gasteiger partial charge in [0.15, 0.2) is 0 Å². The molecule has 6 heteroatoms. The lowest BCUT2D eigenvalue weighted by Gasteiger charge is -2.34. The fraction of sp³-hybridized carbons (Fsp3) is 0.615. The molecule has 1 heterocycles. The van der Waals surface area contributed by atoms with Crippen molar-refractivity contribution >= 4 is 15.7 Å². The molecule has 1 unspecified atom stereocenters. The summed E-state index contributed by atoms with van der Waals surface area (Å²) in [4.78, 5) is 4.12. The van der Waals surface area contributed by atoms with Crippen LogP contribution in [0.4, 0.5) is 5.69 Å². The van der Waals surface area contributed by atoms with Crippen LogP contribution in [0, 0.1) is 5.41 Å². The normalized spacial score (nSPS) is 14.5. The molecule has 0 aliphatic carbocycles. The predicted molar refractivity (Wildman–Crippen MR) is 77.6 cm³/mol. The van der Waals surface area contributed by atoms with Crippen LogP contribution in [-0.2, 0) is 10.0 Å². The number of hydrogen-bond donors (Lipinski definition) is 1. The predicted octanol–water partition coefficient (Wildman–Crippen LogP) is 2.18. The van der Waals surface area contributed by atoms with Gasteiger partial charge < -0.3 is 5.32 Å². The van der Waals surface area contributed by atoms with Crippen molar-refractivity contribution in [2.24, 2.45) is 5.41 Å². The Balaban J connectivity index is 3.25. The first kappa shape index (κ1) is 15.9. The van der Waals surface area contributed by atoms with Gasteiger partial charge in [0.05, 0.1) is 5.69 Å². The van der Waals surface area contributed by atoms with Crippen LogP contribution in [0.5, 0.6) is 0 Å². The highest BCUT2D eigenvalue weighted by atomic mass is 32.2. The largest absolute Gasteiger partial charge is 0.387 e. The number of aromatic nitrogens is 1. The molecule has 1 atom stereocenters. The minimum Gasteiger partial charge on any atom is -0.387 e. The summed E-state index contributed by atoms with van der Waals surface area (Å²) in [5.74, 6) is 0. The Labute approximate surface area is 116 Å². The molecule has 108 valence electrons. The van der Waals surface area contributed by atoms with Crippen LogP contribution in [0.2, 0.25) is 0 Å². The highest BCUT2D eigenvalue weighted by Crippen LogP contribution is 2.29. The Morgan fingerprint density at radius 2 is 1.95 bits per heavy atom. The maximum absolute atomic E-state index is 12.6. The van der Waals surface area contributed by atoms with Gasteiger partial charge in [-0.05, 0) is 18.4 Å². The Morgan fingerprint density at radius 1 is 1.37 bits per heavy atom. The van der Waals surface area contributed by atoms with Crippen molar-refractivity contribution in [2.75, 3.05) is 19.4 Å². The SMILES string of the molecule is CNc1ccncc1S(=O)(=O)N(C)C(C)C(C)(C)C. The monoisotopic (exact) mass is 285 g/mol. The summed E-state index contributed by atoms with van der Waals surface area (Å²) >= 11 is 0. The topological polar surface area (TPSA) is 62.3 Å². The molecule has 0 saturated carbocycles. The van der Waals surface area contributed by atoms with Crippen molar-refractivity contribution in [1.82, 2.24) is 9.29 Å². The molecule has 0 aliphatic rings. The number of sulfonamides is 1. The number of rotatable bonds is 4.